The Bertz CT molecular complexity index is 1370. The molecule has 0 aliphatic carbocycles. The van der Waals surface area contributed by atoms with Crippen molar-refractivity contribution in [3.63, 3.8) is 0 Å². The molecular formula is C24H22N4O3S. The van der Waals surface area contributed by atoms with Gasteiger partial charge in [-0.05, 0) is 38.5 Å². The largest absolute Gasteiger partial charge is 0.321 e. The molecule has 0 spiro atoms. The summed E-state index contributed by atoms with van der Waals surface area (Å²) in [6.45, 7) is 5.06. The van der Waals surface area contributed by atoms with Gasteiger partial charge in [0.05, 0.1) is 5.69 Å². The lowest BCUT2D eigenvalue weighted by atomic mass is 10.1. The lowest BCUT2D eigenvalue weighted by molar-refractivity contribution is 0.101. The maximum absolute atomic E-state index is 13.0. The molecule has 0 saturated heterocycles. The number of carbonyl (C=O) groups excluding carboxylic acids is 2. The second-order valence-electron chi connectivity index (χ2n) is 7.52. The first kappa shape index (κ1) is 21.5. The molecule has 0 saturated carbocycles. The molecule has 2 heterocycles. The molecule has 0 radical (unpaired) electrons. The van der Waals surface area contributed by atoms with E-state index in [1.165, 1.54) is 11.6 Å². The van der Waals surface area contributed by atoms with Gasteiger partial charge >= 0.3 is 0 Å². The van der Waals surface area contributed by atoms with Crippen molar-refractivity contribution in [1.82, 2.24) is 14.8 Å². The van der Waals surface area contributed by atoms with Crippen LogP contribution in [-0.4, -0.2) is 26.5 Å². The summed E-state index contributed by atoms with van der Waals surface area (Å²) >= 11 is 1.13. The third-order valence-corrected chi connectivity index (χ3v) is 6.27. The minimum absolute atomic E-state index is 0.0786. The molecule has 4 rings (SSSR count). The molecule has 0 bridgehead atoms. The molecule has 4 aromatic rings. The topological polar surface area (TPSA) is 96.9 Å². The number of H-pyrrole nitrogens is 1. The van der Waals surface area contributed by atoms with Crippen LogP contribution in [0.1, 0.15) is 49.5 Å². The third-order valence-electron chi connectivity index (χ3n) is 5.13. The third kappa shape index (κ3) is 4.31. The number of hydrogen-bond acceptors (Lipinski definition) is 5. The summed E-state index contributed by atoms with van der Waals surface area (Å²) in [4.78, 5) is 42.3. The highest BCUT2D eigenvalue weighted by Crippen LogP contribution is 2.23. The minimum Gasteiger partial charge on any atom is -0.321 e. The lowest BCUT2D eigenvalue weighted by Gasteiger charge is -2.05. The molecule has 1 amide bonds. The first-order chi connectivity index (χ1) is 15.3. The molecule has 0 fully saturated rings. The molecule has 2 aromatic carbocycles. The Hall–Kier alpha value is -3.78. The van der Waals surface area contributed by atoms with Crippen molar-refractivity contribution in [3.05, 3.63) is 97.9 Å². The standard InChI is InChI=1S/C24H22N4O3S/c1-14-20(12-17-8-5-4-6-9-17)23(31)28(27-14)24-25-15(2)21(32-24)22(30)26-19-11-7-10-18(13-19)16(3)29/h4-11,13,27H,12H2,1-3H3,(H,26,30). The summed E-state index contributed by atoms with van der Waals surface area (Å²) in [6, 6.07) is 16.5. The molecule has 7 nitrogen and oxygen atoms in total. The number of carbonyl (C=O) groups is 2. The number of anilines is 1. The number of benzene rings is 2. The number of rotatable bonds is 6. The molecule has 8 heteroatoms. The maximum Gasteiger partial charge on any atom is 0.277 e. The number of hydrogen-bond donors (Lipinski definition) is 2. The Balaban J connectivity index is 1.61. The quantitative estimate of drug-likeness (QED) is 0.432. The number of aromatic amines is 1. The monoisotopic (exact) mass is 446 g/mol. The number of thiazole rings is 1. The van der Waals surface area contributed by atoms with Crippen LogP contribution in [0.25, 0.3) is 5.13 Å². The van der Waals surface area contributed by atoms with E-state index < -0.39 is 0 Å². The Morgan fingerprint density at radius 2 is 1.84 bits per heavy atom. The highest BCUT2D eigenvalue weighted by molar-refractivity contribution is 7.16. The van der Waals surface area contributed by atoms with Gasteiger partial charge in [-0.3, -0.25) is 19.5 Å². The van der Waals surface area contributed by atoms with Gasteiger partial charge in [0.1, 0.15) is 4.88 Å². The van der Waals surface area contributed by atoms with Crippen molar-refractivity contribution in [3.8, 4) is 5.13 Å². The highest BCUT2D eigenvalue weighted by Gasteiger charge is 2.20. The summed E-state index contributed by atoms with van der Waals surface area (Å²) < 4.78 is 1.39. The van der Waals surface area contributed by atoms with Crippen molar-refractivity contribution in [2.45, 2.75) is 27.2 Å². The maximum atomic E-state index is 13.0. The lowest BCUT2D eigenvalue weighted by Crippen LogP contribution is -2.17. The molecule has 2 aromatic heterocycles. The zero-order valence-corrected chi connectivity index (χ0v) is 18.7. The average Bonchev–Trinajstić information content (AvgIpc) is 3.29. The van der Waals surface area contributed by atoms with Crippen LogP contribution in [0.15, 0.2) is 59.4 Å². The fourth-order valence-corrected chi connectivity index (χ4v) is 4.34. The first-order valence-corrected chi connectivity index (χ1v) is 10.9. The van der Waals surface area contributed by atoms with E-state index in [-0.39, 0.29) is 17.2 Å². The van der Waals surface area contributed by atoms with E-state index in [1.807, 2.05) is 37.3 Å². The van der Waals surface area contributed by atoms with E-state index in [2.05, 4.69) is 15.4 Å². The van der Waals surface area contributed by atoms with E-state index in [0.717, 1.165) is 22.6 Å². The van der Waals surface area contributed by atoms with Crippen LogP contribution in [0.2, 0.25) is 0 Å². The van der Waals surface area contributed by atoms with E-state index >= 15 is 0 Å². The molecule has 2 N–H and O–H groups in total. The average molecular weight is 447 g/mol. The van der Waals surface area contributed by atoms with Crippen LogP contribution in [0.5, 0.6) is 0 Å². The van der Waals surface area contributed by atoms with Gasteiger partial charge in [0.25, 0.3) is 11.5 Å². The van der Waals surface area contributed by atoms with Gasteiger partial charge < -0.3 is 5.32 Å². The molecule has 0 atom stereocenters. The van der Waals surface area contributed by atoms with Crippen LogP contribution in [0.3, 0.4) is 0 Å². The number of ketones is 1. The van der Waals surface area contributed by atoms with E-state index in [4.69, 9.17) is 0 Å². The Morgan fingerprint density at radius 1 is 1.09 bits per heavy atom. The van der Waals surface area contributed by atoms with Crippen LogP contribution in [0, 0.1) is 13.8 Å². The molecule has 32 heavy (non-hydrogen) atoms. The van der Waals surface area contributed by atoms with E-state index in [1.54, 1.807) is 31.2 Å². The summed E-state index contributed by atoms with van der Waals surface area (Å²) in [6.07, 6.45) is 0.513. The number of aryl methyl sites for hydroxylation is 2. The number of nitrogens with one attached hydrogen (secondary N) is 2. The van der Waals surface area contributed by atoms with Gasteiger partial charge in [-0.2, -0.15) is 4.68 Å². The number of aromatic nitrogens is 3. The zero-order valence-electron chi connectivity index (χ0n) is 17.9. The molecule has 162 valence electrons. The normalized spacial score (nSPS) is 10.8. The summed E-state index contributed by atoms with van der Waals surface area (Å²) in [5, 5.41) is 6.29. The van der Waals surface area contributed by atoms with Crippen molar-refractivity contribution in [1.29, 1.82) is 0 Å². The van der Waals surface area contributed by atoms with Gasteiger partial charge in [-0.25, -0.2) is 4.98 Å². The van der Waals surface area contributed by atoms with Crippen molar-refractivity contribution in [2.75, 3.05) is 5.32 Å². The van der Waals surface area contributed by atoms with Gasteiger partial charge in [0.2, 0.25) is 5.13 Å². The van der Waals surface area contributed by atoms with Gasteiger partial charge in [0, 0.05) is 28.9 Å². The number of nitrogens with zero attached hydrogens (tertiary/aromatic N) is 2. The second-order valence-corrected chi connectivity index (χ2v) is 8.50. The van der Waals surface area contributed by atoms with E-state index in [9.17, 15) is 14.4 Å². The smallest absolute Gasteiger partial charge is 0.277 e. The van der Waals surface area contributed by atoms with Crippen molar-refractivity contribution < 1.29 is 9.59 Å². The SMILES string of the molecule is CC(=O)c1cccc(NC(=O)c2sc(-n3[nH]c(C)c(Cc4ccccc4)c3=O)nc2C)c1. The molecule has 0 unspecified atom stereocenters. The summed E-state index contributed by atoms with van der Waals surface area (Å²) in [7, 11) is 0. The first-order valence-electron chi connectivity index (χ1n) is 10.1. The van der Waals surface area contributed by atoms with Gasteiger partial charge in [-0.15, -0.1) is 0 Å². The highest BCUT2D eigenvalue weighted by atomic mass is 32.1. The molecule has 0 aliphatic heterocycles. The Labute approximate surface area is 188 Å². The Kier molecular flexibility index (Phi) is 5.87. The second kappa shape index (κ2) is 8.76. The van der Waals surface area contributed by atoms with E-state index in [0.29, 0.717) is 38.9 Å². The number of Topliss-reactive ketones (excluding diaryl/α,β-unsaturated/α-hetero) is 1. The van der Waals surface area contributed by atoms with Crippen LogP contribution < -0.4 is 10.9 Å². The van der Waals surface area contributed by atoms with Gasteiger partial charge in [-0.1, -0.05) is 53.8 Å². The fourth-order valence-electron chi connectivity index (χ4n) is 3.42. The molecule has 0 aliphatic rings. The van der Waals surface area contributed by atoms with Crippen LogP contribution in [-0.2, 0) is 6.42 Å². The molecular weight excluding hydrogens is 424 g/mol. The number of amides is 1. The Morgan fingerprint density at radius 3 is 2.56 bits per heavy atom. The predicted octanol–water partition coefficient (Wildman–Crippen LogP) is 4.28. The predicted molar refractivity (Wildman–Crippen MR) is 125 cm³/mol. The van der Waals surface area contributed by atoms with Crippen LogP contribution >= 0.6 is 11.3 Å². The van der Waals surface area contributed by atoms with Crippen molar-refractivity contribution in [2.24, 2.45) is 0 Å². The van der Waals surface area contributed by atoms with Crippen LogP contribution in [0.4, 0.5) is 5.69 Å². The van der Waals surface area contributed by atoms with Crippen molar-refractivity contribution >= 4 is 28.7 Å². The summed E-state index contributed by atoms with van der Waals surface area (Å²) in [5.74, 6) is -0.419. The minimum atomic E-state index is -0.340. The zero-order chi connectivity index (χ0) is 22.8. The fraction of sp³-hybridized carbons (Fsp3) is 0.167. The van der Waals surface area contributed by atoms with Gasteiger partial charge in [0.15, 0.2) is 5.78 Å². The summed E-state index contributed by atoms with van der Waals surface area (Å²) in [5.41, 5.74) is 3.85.